The molecule has 2 fully saturated rings. The molecule has 0 N–H and O–H groups in total. The molecular weight excluding hydrogens is 290 g/mol. The minimum atomic E-state index is 0.715. The van der Waals surface area contributed by atoms with Crippen molar-refractivity contribution in [1.29, 1.82) is 5.26 Å². The highest BCUT2D eigenvalue weighted by Gasteiger charge is 2.20. The van der Waals surface area contributed by atoms with Gasteiger partial charge < -0.3 is 0 Å². The lowest BCUT2D eigenvalue weighted by Crippen LogP contribution is -2.14. The summed E-state index contributed by atoms with van der Waals surface area (Å²) < 4.78 is 0. The van der Waals surface area contributed by atoms with E-state index in [0.717, 1.165) is 17.8 Å². The van der Waals surface area contributed by atoms with Crippen molar-refractivity contribution in [2.24, 2.45) is 23.7 Å². The second kappa shape index (κ2) is 11.3. The van der Waals surface area contributed by atoms with E-state index in [1.807, 2.05) is 18.2 Å². The maximum atomic E-state index is 8.48. The molecule has 0 atom stereocenters. The standard InChI is InChI=1S/C23H35N/c1-2-3-7-20-9-13-22(14-10-20)17-18-23-15-11-21(12-16-23)8-5-4-6-19-24/h4-6,8,17-18,20-23H,2-3,7,9-16H2,1H3/b6-4?,8-5?,18-17+. The normalized spacial score (nSPS) is 31.8. The van der Waals surface area contributed by atoms with Crippen LogP contribution < -0.4 is 0 Å². The minimum Gasteiger partial charge on any atom is -0.193 e. The maximum absolute atomic E-state index is 8.48. The van der Waals surface area contributed by atoms with Crippen molar-refractivity contribution in [2.75, 3.05) is 0 Å². The molecule has 132 valence electrons. The number of rotatable bonds is 7. The number of hydrogen-bond donors (Lipinski definition) is 0. The van der Waals surface area contributed by atoms with Gasteiger partial charge in [-0.3, -0.25) is 0 Å². The molecular formula is C23H35N. The minimum absolute atomic E-state index is 0.715. The molecule has 2 rings (SSSR count). The van der Waals surface area contributed by atoms with E-state index >= 15 is 0 Å². The highest BCUT2D eigenvalue weighted by molar-refractivity contribution is 5.12. The van der Waals surface area contributed by atoms with Gasteiger partial charge in [-0.2, -0.15) is 5.26 Å². The van der Waals surface area contributed by atoms with Crippen LogP contribution in [0.3, 0.4) is 0 Å². The van der Waals surface area contributed by atoms with Gasteiger partial charge in [-0.25, -0.2) is 0 Å². The van der Waals surface area contributed by atoms with E-state index in [-0.39, 0.29) is 0 Å². The third kappa shape index (κ3) is 7.08. The fraction of sp³-hybridized carbons (Fsp3) is 0.696. The molecule has 0 heterocycles. The van der Waals surface area contributed by atoms with Crippen LogP contribution in [0.1, 0.15) is 77.6 Å². The first-order chi connectivity index (χ1) is 11.8. The van der Waals surface area contributed by atoms with Crippen molar-refractivity contribution in [3.05, 3.63) is 36.5 Å². The molecule has 1 nitrogen and oxygen atoms in total. The van der Waals surface area contributed by atoms with Crippen molar-refractivity contribution < 1.29 is 0 Å². The summed E-state index contributed by atoms with van der Waals surface area (Å²) in [5.74, 6) is 3.40. The lowest BCUT2D eigenvalue weighted by atomic mass is 9.78. The summed E-state index contributed by atoms with van der Waals surface area (Å²) in [7, 11) is 0. The molecule has 0 saturated heterocycles. The Hall–Kier alpha value is -1.29. The Labute approximate surface area is 149 Å². The summed E-state index contributed by atoms with van der Waals surface area (Å²) in [4.78, 5) is 0. The Morgan fingerprint density at radius 2 is 1.33 bits per heavy atom. The van der Waals surface area contributed by atoms with Crippen LogP contribution in [0.5, 0.6) is 0 Å². The first-order valence-electron chi connectivity index (χ1n) is 10.2. The van der Waals surface area contributed by atoms with Crippen molar-refractivity contribution in [3.8, 4) is 6.07 Å². The monoisotopic (exact) mass is 325 g/mol. The van der Waals surface area contributed by atoms with Crippen LogP contribution in [0.15, 0.2) is 36.5 Å². The lowest BCUT2D eigenvalue weighted by Gasteiger charge is -2.28. The van der Waals surface area contributed by atoms with Crippen LogP contribution in [-0.4, -0.2) is 0 Å². The molecule has 0 aromatic carbocycles. The zero-order chi connectivity index (χ0) is 17.0. The molecule has 24 heavy (non-hydrogen) atoms. The number of unbranched alkanes of at least 4 members (excludes halogenated alkanes) is 1. The second-order valence-corrected chi connectivity index (χ2v) is 7.86. The van der Waals surface area contributed by atoms with Gasteiger partial charge in [0.1, 0.15) is 0 Å². The van der Waals surface area contributed by atoms with Crippen LogP contribution in [0.4, 0.5) is 0 Å². The maximum Gasteiger partial charge on any atom is 0.0912 e. The average molecular weight is 326 g/mol. The van der Waals surface area contributed by atoms with Gasteiger partial charge in [0.2, 0.25) is 0 Å². The Morgan fingerprint density at radius 1 is 0.792 bits per heavy atom. The molecule has 2 aliphatic rings. The predicted octanol–water partition coefficient (Wildman–Crippen LogP) is 6.98. The molecule has 2 saturated carbocycles. The Morgan fingerprint density at radius 3 is 1.88 bits per heavy atom. The smallest absolute Gasteiger partial charge is 0.0912 e. The van der Waals surface area contributed by atoms with Gasteiger partial charge in [-0.15, -0.1) is 0 Å². The molecule has 2 aliphatic carbocycles. The van der Waals surface area contributed by atoms with Crippen LogP contribution in [0, 0.1) is 35.0 Å². The first-order valence-corrected chi connectivity index (χ1v) is 10.2. The number of nitrogens with zero attached hydrogens (tertiary/aromatic N) is 1. The third-order valence-electron chi connectivity index (χ3n) is 5.99. The fourth-order valence-electron chi connectivity index (χ4n) is 4.33. The van der Waals surface area contributed by atoms with Gasteiger partial charge in [-0.05, 0) is 75.0 Å². The quantitative estimate of drug-likeness (QED) is 0.281. The third-order valence-corrected chi connectivity index (χ3v) is 5.99. The summed E-state index contributed by atoms with van der Waals surface area (Å²) in [5.41, 5.74) is 0. The predicted molar refractivity (Wildman–Crippen MR) is 103 cm³/mol. The Balaban J connectivity index is 1.63. The summed E-state index contributed by atoms with van der Waals surface area (Å²) in [6.45, 7) is 2.31. The molecule has 0 amide bonds. The molecule has 1 heteroatoms. The SMILES string of the molecule is CCCCC1CCC(/C=C/C2CCC(C=CC=CC#N)CC2)CC1. The van der Waals surface area contributed by atoms with E-state index in [0.29, 0.717) is 5.92 Å². The first kappa shape index (κ1) is 19.0. The molecule has 0 aliphatic heterocycles. The van der Waals surface area contributed by atoms with Crippen molar-refractivity contribution in [3.63, 3.8) is 0 Å². The molecule has 0 aromatic heterocycles. The zero-order valence-corrected chi connectivity index (χ0v) is 15.5. The fourth-order valence-corrected chi connectivity index (χ4v) is 4.33. The van der Waals surface area contributed by atoms with Crippen LogP contribution >= 0.6 is 0 Å². The van der Waals surface area contributed by atoms with Crippen LogP contribution in [0.2, 0.25) is 0 Å². The molecule has 0 unspecified atom stereocenters. The van der Waals surface area contributed by atoms with Crippen molar-refractivity contribution in [1.82, 2.24) is 0 Å². The molecule has 0 spiro atoms. The highest BCUT2D eigenvalue weighted by atomic mass is 14.3. The van der Waals surface area contributed by atoms with Gasteiger partial charge in [0, 0.05) is 6.08 Å². The second-order valence-electron chi connectivity index (χ2n) is 7.86. The number of nitriles is 1. The number of allylic oxidation sites excluding steroid dienone is 6. The summed E-state index contributed by atoms with van der Waals surface area (Å²) in [6, 6.07) is 2.03. The Kier molecular flexibility index (Phi) is 8.96. The van der Waals surface area contributed by atoms with Crippen LogP contribution in [0.25, 0.3) is 0 Å². The van der Waals surface area contributed by atoms with Gasteiger partial charge in [-0.1, -0.05) is 56.6 Å². The molecule has 0 radical (unpaired) electrons. The molecule has 0 aromatic rings. The van der Waals surface area contributed by atoms with E-state index in [9.17, 15) is 0 Å². The average Bonchev–Trinajstić information content (AvgIpc) is 2.64. The summed E-state index contributed by atoms with van der Waals surface area (Å²) in [5, 5.41) is 8.48. The van der Waals surface area contributed by atoms with Gasteiger partial charge >= 0.3 is 0 Å². The van der Waals surface area contributed by atoms with Gasteiger partial charge in [0.05, 0.1) is 6.07 Å². The van der Waals surface area contributed by atoms with E-state index in [4.69, 9.17) is 5.26 Å². The van der Waals surface area contributed by atoms with E-state index in [1.165, 1.54) is 70.6 Å². The summed E-state index contributed by atoms with van der Waals surface area (Å²) in [6.07, 6.45) is 28.1. The highest BCUT2D eigenvalue weighted by Crippen LogP contribution is 2.34. The van der Waals surface area contributed by atoms with E-state index in [1.54, 1.807) is 6.08 Å². The van der Waals surface area contributed by atoms with Crippen molar-refractivity contribution in [2.45, 2.75) is 77.6 Å². The summed E-state index contributed by atoms with van der Waals surface area (Å²) >= 11 is 0. The van der Waals surface area contributed by atoms with E-state index in [2.05, 4.69) is 25.2 Å². The number of hydrogen-bond acceptors (Lipinski definition) is 1. The largest absolute Gasteiger partial charge is 0.193 e. The molecule has 0 bridgehead atoms. The zero-order valence-electron chi connectivity index (χ0n) is 15.5. The topological polar surface area (TPSA) is 23.8 Å². The van der Waals surface area contributed by atoms with Crippen LogP contribution in [-0.2, 0) is 0 Å². The lowest BCUT2D eigenvalue weighted by molar-refractivity contribution is 0.289. The van der Waals surface area contributed by atoms with Gasteiger partial charge in [0.15, 0.2) is 0 Å². The van der Waals surface area contributed by atoms with Crippen molar-refractivity contribution >= 4 is 0 Å². The van der Waals surface area contributed by atoms with Gasteiger partial charge in [0.25, 0.3) is 0 Å². The Bertz CT molecular complexity index is 449. The van der Waals surface area contributed by atoms with E-state index < -0.39 is 0 Å².